The molecule has 0 aliphatic carbocycles. The second-order valence-electron chi connectivity index (χ2n) is 4.53. The standard InChI is InChI=1S/C14H16N2O/c1-11-4-2-3-9-16(11)14(17)13-7-5-12(10-15)6-8-13/h5-8,11H,2-4,9H2,1H3/t11-/m0/s1. The predicted octanol–water partition coefficient (Wildman–Crippen LogP) is 2.57. The first-order valence-electron chi connectivity index (χ1n) is 6.03. The second-order valence-corrected chi connectivity index (χ2v) is 4.53. The highest BCUT2D eigenvalue weighted by Crippen LogP contribution is 2.19. The van der Waals surface area contributed by atoms with E-state index in [1.165, 1.54) is 6.42 Å². The molecule has 0 bridgehead atoms. The van der Waals surface area contributed by atoms with Crippen LogP contribution in [0.25, 0.3) is 0 Å². The molecule has 0 N–H and O–H groups in total. The van der Waals surface area contributed by atoms with Crippen LogP contribution in [0.4, 0.5) is 0 Å². The molecule has 3 nitrogen and oxygen atoms in total. The molecule has 0 spiro atoms. The van der Waals surface area contributed by atoms with Gasteiger partial charge in [0.1, 0.15) is 0 Å². The van der Waals surface area contributed by atoms with Gasteiger partial charge in [-0.3, -0.25) is 4.79 Å². The maximum Gasteiger partial charge on any atom is 0.254 e. The molecule has 0 saturated carbocycles. The minimum atomic E-state index is 0.0849. The molecular weight excluding hydrogens is 212 g/mol. The van der Waals surface area contributed by atoms with Gasteiger partial charge in [-0.1, -0.05) is 0 Å². The van der Waals surface area contributed by atoms with Crippen molar-refractivity contribution < 1.29 is 4.79 Å². The summed E-state index contributed by atoms with van der Waals surface area (Å²) in [5.41, 5.74) is 1.27. The van der Waals surface area contributed by atoms with Gasteiger partial charge >= 0.3 is 0 Å². The Morgan fingerprint density at radius 3 is 2.65 bits per heavy atom. The molecule has 1 amide bonds. The number of likely N-dealkylation sites (tertiary alicyclic amines) is 1. The number of nitrogens with zero attached hydrogens (tertiary/aromatic N) is 2. The number of hydrogen-bond donors (Lipinski definition) is 0. The maximum absolute atomic E-state index is 12.3. The fourth-order valence-corrected chi connectivity index (χ4v) is 2.25. The Labute approximate surface area is 102 Å². The number of nitriles is 1. The van der Waals surface area contributed by atoms with E-state index in [1.54, 1.807) is 24.3 Å². The molecular formula is C14H16N2O. The lowest BCUT2D eigenvalue weighted by atomic mass is 10.0. The number of carbonyl (C=O) groups excluding carboxylic acids is 1. The number of benzene rings is 1. The van der Waals surface area contributed by atoms with Crippen LogP contribution in [0.2, 0.25) is 0 Å². The third kappa shape index (κ3) is 2.47. The summed E-state index contributed by atoms with van der Waals surface area (Å²) in [6, 6.07) is 9.25. The Bertz CT molecular complexity index is 444. The van der Waals surface area contributed by atoms with Crippen molar-refractivity contribution in [3.8, 4) is 6.07 Å². The van der Waals surface area contributed by atoms with Crippen LogP contribution in [0, 0.1) is 11.3 Å². The normalized spacial score (nSPS) is 19.8. The highest BCUT2D eigenvalue weighted by molar-refractivity contribution is 5.94. The van der Waals surface area contributed by atoms with Crippen molar-refractivity contribution in [2.75, 3.05) is 6.54 Å². The van der Waals surface area contributed by atoms with E-state index in [0.29, 0.717) is 17.2 Å². The van der Waals surface area contributed by atoms with Crippen LogP contribution in [0.15, 0.2) is 24.3 Å². The fraction of sp³-hybridized carbons (Fsp3) is 0.429. The lowest BCUT2D eigenvalue weighted by Gasteiger charge is -2.33. The molecule has 0 radical (unpaired) electrons. The number of hydrogen-bond acceptors (Lipinski definition) is 2. The van der Waals surface area contributed by atoms with Crippen molar-refractivity contribution in [1.29, 1.82) is 5.26 Å². The largest absolute Gasteiger partial charge is 0.336 e. The van der Waals surface area contributed by atoms with Crippen molar-refractivity contribution in [2.24, 2.45) is 0 Å². The first kappa shape index (κ1) is 11.7. The molecule has 3 heteroatoms. The van der Waals surface area contributed by atoms with Crippen molar-refractivity contribution in [2.45, 2.75) is 32.2 Å². The van der Waals surface area contributed by atoms with Gasteiger partial charge in [0.25, 0.3) is 5.91 Å². The van der Waals surface area contributed by atoms with Crippen molar-refractivity contribution in [3.63, 3.8) is 0 Å². The smallest absolute Gasteiger partial charge is 0.254 e. The Morgan fingerprint density at radius 1 is 1.35 bits per heavy atom. The maximum atomic E-state index is 12.3. The minimum Gasteiger partial charge on any atom is -0.336 e. The quantitative estimate of drug-likeness (QED) is 0.741. The van der Waals surface area contributed by atoms with Gasteiger partial charge in [-0.15, -0.1) is 0 Å². The van der Waals surface area contributed by atoms with E-state index >= 15 is 0 Å². The van der Waals surface area contributed by atoms with E-state index in [9.17, 15) is 4.79 Å². The third-order valence-electron chi connectivity index (χ3n) is 3.32. The van der Waals surface area contributed by atoms with Crippen molar-refractivity contribution >= 4 is 5.91 Å². The molecule has 0 unspecified atom stereocenters. The zero-order valence-corrected chi connectivity index (χ0v) is 10.0. The summed E-state index contributed by atoms with van der Waals surface area (Å²) in [6.45, 7) is 2.95. The van der Waals surface area contributed by atoms with Gasteiger partial charge in [0, 0.05) is 18.2 Å². The summed E-state index contributed by atoms with van der Waals surface area (Å²) in [5, 5.41) is 8.71. The van der Waals surface area contributed by atoms with E-state index in [4.69, 9.17) is 5.26 Å². The molecule has 1 aliphatic rings. The molecule has 1 heterocycles. The first-order valence-corrected chi connectivity index (χ1v) is 6.03. The molecule has 1 fully saturated rings. The van der Waals surface area contributed by atoms with Gasteiger partial charge in [0.2, 0.25) is 0 Å². The average molecular weight is 228 g/mol. The summed E-state index contributed by atoms with van der Waals surface area (Å²) in [4.78, 5) is 14.2. The number of amides is 1. The highest BCUT2D eigenvalue weighted by Gasteiger charge is 2.23. The monoisotopic (exact) mass is 228 g/mol. The van der Waals surface area contributed by atoms with Crippen LogP contribution in [-0.2, 0) is 0 Å². The highest BCUT2D eigenvalue weighted by atomic mass is 16.2. The van der Waals surface area contributed by atoms with E-state index in [-0.39, 0.29) is 5.91 Å². The summed E-state index contributed by atoms with van der Waals surface area (Å²) < 4.78 is 0. The van der Waals surface area contributed by atoms with Gasteiger partial charge in [0.05, 0.1) is 11.6 Å². The van der Waals surface area contributed by atoms with Crippen LogP contribution in [0.3, 0.4) is 0 Å². The van der Waals surface area contributed by atoms with Crippen LogP contribution in [0.1, 0.15) is 42.1 Å². The number of carbonyl (C=O) groups is 1. The van der Waals surface area contributed by atoms with Crippen molar-refractivity contribution in [1.82, 2.24) is 4.90 Å². The average Bonchev–Trinajstić information content (AvgIpc) is 2.39. The lowest BCUT2D eigenvalue weighted by molar-refractivity contribution is 0.0635. The Morgan fingerprint density at radius 2 is 2.06 bits per heavy atom. The van der Waals surface area contributed by atoms with Crippen LogP contribution in [0.5, 0.6) is 0 Å². The molecule has 0 aromatic heterocycles. The molecule has 1 aromatic carbocycles. The van der Waals surface area contributed by atoms with Crippen molar-refractivity contribution in [3.05, 3.63) is 35.4 Å². The fourth-order valence-electron chi connectivity index (χ4n) is 2.25. The van der Waals surface area contributed by atoms with E-state index in [1.807, 2.05) is 4.90 Å². The Hall–Kier alpha value is -1.82. The minimum absolute atomic E-state index is 0.0849. The number of rotatable bonds is 1. The third-order valence-corrected chi connectivity index (χ3v) is 3.32. The molecule has 1 saturated heterocycles. The molecule has 17 heavy (non-hydrogen) atoms. The summed E-state index contributed by atoms with van der Waals surface area (Å²) in [6.07, 6.45) is 3.38. The predicted molar refractivity (Wildman–Crippen MR) is 65.5 cm³/mol. The zero-order chi connectivity index (χ0) is 12.3. The second kappa shape index (κ2) is 5.01. The Balaban J connectivity index is 2.15. The van der Waals surface area contributed by atoms with E-state index < -0.39 is 0 Å². The lowest BCUT2D eigenvalue weighted by Crippen LogP contribution is -2.41. The van der Waals surface area contributed by atoms with Crippen LogP contribution in [-0.4, -0.2) is 23.4 Å². The first-order chi connectivity index (χ1) is 8.22. The molecule has 1 aromatic rings. The molecule has 88 valence electrons. The molecule has 1 aliphatic heterocycles. The van der Waals surface area contributed by atoms with Gasteiger partial charge in [0.15, 0.2) is 0 Å². The van der Waals surface area contributed by atoms with Gasteiger partial charge in [-0.05, 0) is 50.5 Å². The van der Waals surface area contributed by atoms with E-state index in [0.717, 1.165) is 19.4 Å². The summed E-state index contributed by atoms with van der Waals surface area (Å²) >= 11 is 0. The molecule has 1 atom stereocenters. The topological polar surface area (TPSA) is 44.1 Å². The number of piperidine rings is 1. The Kier molecular flexibility index (Phi) is 3.43. The van der Waals surface area contributed by atoms with E-state index in [2.05, 4.69) is 13.0 Å². The summed E-state index contributed by atoms with van der Waals surface area (Å²) in [7, 11) is 0. The van der Waals surface area contributed by atoms with Gasteiger partial charge in [-0.2, -0.15) is 5.26 Å². The summed E-state index contributed by atoms with van der Waals surface area (Å²) in [5.74, 6) is 0.0849. The zero-order valence-electron chi connectivity index (χ0n) is 10.0. The van der Waals surface area contributed by atoms with Gasteiger partial charge in [-0.25, -0.2) is 0 Å². The van der Waals surface area contributed by atoms with Crippen LogP contribution >= 0.6 is 0 Å². The SMILES string of the molecule is C[C@H]1CCCCN1C(=O)c1ccc(C#N)cc1. The molecule has 2 rings (SSSR count). The van der Waals surface area contributed by atoms with Crippen LogP contribution < -0.4 is 0 Å². The van der Waals surface area contributed by atoms with Gasteiger partial charge < -0.3 is 4.90 Å².